The predicted octanol–water partition coefficient (Wildman–Crippen LogP) is 6.36. The fourth-order valence-corrected chi connectivity index (χ4v) is 4.98. The van der Waals surface area contributed by atoms with Crippen LogP contribution in [0.15, 0.2) is 71.4 Å². The smallest absolute Gasteiger partial charge is 0.194 e. The Labute approximate surface area is 147 Å². The molecule has 5 rings (SSSR count). The van der Waals surface area contributed by atoms with E-state index in [4.69, 9.17) is 0 Å². The fraction of sp³-hybridized carbons (Fsp3) is 0. The molecule has 1 aliphatic rings. The first-order valence-electron chi connectivity index (χ1n) is 7.73. The summed E-state index contributed by atoms with van der Waals surface area (Å²) < 4.78 is 0. The third kappa shape index (κ3) is 1.89. The number of carbonyl (C=O) groups excluding carboxylic acids is 1. The third-order valence-electron chi connectivity index (χ3n) is 4.45. The highest BCUT2D eigenvalue weighted by Gasteiger charge is 2.31. The minimum Gasteiger partial charge on any atom is -0.289 e. The molecule has 0 amide bonds. The monoisotopic (exact) mass is 344 g/mol. The molecule has 24 heavy (non-hydrogen) atoms. The molecule has 0 saturated heterocycles. The average Bonchev–Trinajstić information content (AvgIpc) is 3.36. The zero-order valence-electron chi connectivity index (χ0n) is 12.7. The molecule has 0 spiro atoms. The van der Waals surface area contributed by atoms with E-state index in [-0.39, 0.29) is 5.78 Å². The van der Waals surface area contributed by atoms with Gasteiger partial charge in [-0.05, 0) is 34.0 Å². The van der Waals surface area contributed by atoms with Crippen LogP contribution in [0.3, 0.4) is 0 Å². The molecule has 0 aliphatic heterocycles. The molecule has 114 valence electrons. The molecular formula is C21H12OS2. The molecule has 0 atom stereocenters. The molecule has 0 bridgehead atoms. The van der Waals surface area contributed by atoms with Crippen molar-refractivity contribution < 1.29 is 4.79 Å². The topological polar surface area (TPSA) is 17.1 Å². The van der Waals surface area contributed by atoms with Gasteiger partial charge in [0, 0.05) is 32.0 Å². The lowest BCUT2D eigenvalue weighted by molar-refractivity contribution is 0.104. The number of thiophene rings is 2. The van der Waals surface area contributed by atoms with E-state index in [9.17, 15) is 4.79 Å². The van der Waals surface area contributed by atoms with Crippen LogP contribution in [0.4, 0.5) is 0 Å². The van der Waals surface area contributed by atoms with Gasteiger partial charge in [-0.25, -0.2) is 0 Å². The lowest BCUT2D eigenvalue weighted by Crippen LogP contribution is -1.99. The normalized spacial score (nSPS) is 12.2. The van der Waals surface area contributed by atoms with Crippen molar-refractivity contribution in [2.45, 2.75) is 0 Å². The highest BCUT2D eigenvalue weighted by atomic mass is 32.1. The summed E-state index contributed by atoms with van der Waals surface area (Å²) in [6.07, 6.45) is 0. The number of hydrogen-bond donors (Lipinski definition) is 0. The van der Waals surface area contributed by atoms with Gasteiger partial charge in [-0.15, -0.1) is 22.7 Å². The second-order valence-electron chi connectivity index (χ2n) is 5.74. The highest BCUT2D eigenvalue weighted by Crippen LogP contribution is 2.47. The van der Waals surface area contributed by atoms with Crippen molar-refractivity contribution in [3.8, 4) is 32.0 Å². The van der Waals surface area contributed by atoms with Crippen molar-refractivity contribution in [1.29, 1.82) is 0 Å². The average molecular weight is 344 g/mol. The minimum atomic E-state index is 0.141. The van der Waals surface area contributed by atoms with Crippen molar-refractivity contribution in [3.63, 3.8) is 0 Å². The second-order valence-corrected chi connectivity index (χ2v) is 7.64. The summed E-state index contributed by atoms with van der Waals surface area (Å²) in [5, 5.41) is 4.15. The molecule has 0 saturated carbocycles. The van der Waals surface area contributed by atoms with Gasteiger partial charge in [0.15, 0.2) is 5.78 Å². The number of fused-ring (bicyclic) bond motifs is 3. The molecule has 1 aliphatic carbocycles. The largest absolute Gasteiger partial charge is 0.289 e. The van der Waals surface area contributed by atoms with Crippen LogP contribution in [0.25, 0.3) is 32.0 Å². The van der Waals surface area contributed by atoms with E-state index in [2.05, 4.69) is 41.1 Å². The van der Waals surface area contributed by atoms with E-state index in [1.54, 1.807) is 22.7 Å². The van der Waals surface area contributed by atoms with Gasteiger partial charge < -0.3 is 0 Å². The Morgan fingerprint density at radius 2 is 1.21 bits per heavy atom. The van der Waals surface area contributed by atoms with Crippen LogP contribution in [0.5, 0.6) is 0 Å². The molecule has 1 nitrogen and oxygen atoms in total. The quantitative estimate of drug-likeness (QED) is 0.364. The Kier molecular flexibility index (Phi) is 3.05. The Morgan fingerprint density at radius 1 is 0.542 bits per heavy atom. The number of hydrogen-bond acceptors (Lipinski definition) is 3. The minimum absolute atomic E-state index is 0.141. The molecule has 0 radical (unpaired) electrons. The first kappa shape index (κ1) is 13.9. The zero-order valence-corrected chi connectivity index (χ0v) is 14.3. The molecule has 0 N–H and O–H groups in total. The first-order valence-corrected chi connectivity index (χ1v) is 9.49. The van der Waals surface area contributed by atoms with E-state index in [0.29, 0.717) is 0 Å². The highest BCUT2D eigenvalue weighted by molar-refractivity contribution is 7.14. The summed E-state index contributed by atoms with van der Waals surface area (Å²) in [6, 6.07) is 20.5. The summed E-state index contributed by atoms with van der Waals surface area (Å²) >= 11 is 3.40. The van der Waals surface area contributed by atoms with Crippen molar-refractivity contribution in [2.24, 2.45) is 0 Å². The van der Waals surface area contributed by atoms with Crippen LogP contribution in [-0.4, -0.2) is 5.78 Å². The van der Waals surface area contributed by atoms with Crippen LogP contribution in [0.2, 0.25) is 0 Å². The van der Waals surface area contributed by atoms with Gasteiger partial charge in [0.2, 0.25) is 0 Å². The van der Waals surface area contributed by atoms with Gasteiger partial charge in [0.1, 0.15) is 0 Å². The molecule has 2 heterocycles. The number of ketones is 1. The summed E-state index contributed by atoms with van der Waals surface area (Å²) in [6.45, 7) is 0. The summed E-state index contributed by atoms with van der Waals surface area (Å²) in [5.74, 6) is 0.141. The van der Waals surface area contributed by atoms with Crippen LogP contribution in [0, 0.1) is 0 Å². The Hall–Kier alpha value is -2.49. The van der Waals surface area contributed by atoms with Gasteiger partial charge in [-0.3, -0.25) is 4.79 Å². The van der Waals surface area contributed by atoms with Gasteiger partial charge in [0.05, 0.1) is 0 Å². The molecule has 0 fully saturated rings. The molecule has 2 aromatic carbocycles. The van der Waals surface area contributed by atoms with Crippen molar-refractivity contribution in [3.05, 3.63) is 82.6 Å². The summed E-state index contributed by atoms with van der Waals surface area (Å²) in [4.78, 5) is 15.5. The summed E-state index contributed by atoms with van der Waals surface area (Å²) in [7, 11) is 0. The maximum absolute atomic E-state index is 13.1. The maximum Gasteiger partial charge on any atom is 0.194 e. The molecule has 3 heteroatoms. The predicted molar refractivity (Wildman–Crippen MR) is 102 cm³/mol. The van der Waals surface area contributed by atoms with Gasteiger partial charge in [0.25, 0.3) is 0 Å². The van der Waals surface area contributed by atoms with Gasteiger partial charge >= 0.3 is 0 Å². The van der Waals surface area contributed by atoms with Crippen LogP contribution < -0.4 is 0 Å². The number of benzene rings is 2. The Morgan fingerprint density at radius 3 is 1.92 bits per heavy atom. The van der Waals surface area contributed by atoms with Crippen LogP contribution in [0.1, 0.15) is 15.9 Å². The molecule has 2 aromatic heterocycles. The maximum atomic E-state index is 13.1. The molecule has 0 unspecified atom stereocenters. The van der Waals surface area contributed by atoms with Crippen LogP contribution >= 0.6 is 22.7 Å². The van der Waals surface area contributed by atoms with Crippen LogP contribution in [-0.2, 0) is 0 Å². The van der Waals surface area contributed by atoms with Crippen molar-refractivity contribution in [1.82, 2.24) is 0 Å². The van der Waals surface area contributed by atoms with E-state index in [0.717, 1.165) is 38.3 Å². The lowest BCUT2D eigenvalue weighted by atomic mass is 9.94. The second kappa shape index (κ2) is 5.26. The Bertz CT molecular complexity index is 1060. The van der Waals surface area contributed by atoms with E-state index in [1.165, 1.54) is 4.88 Å². The lowest BCUT2D eigenvalue weighted by Gasteiger charge is -2.12. The van der Waals surface area contributed by atoms with Gasteiger partial charge in [-0.2, -0.15) is 0 Å². The molecular weight excluding hydrogens is 332 g/mol. The van der Waals surface area contributed by atoms with E-state index >= 15 is 0 Å². The van der Waals surface area contributed by atoms with Crippen molar-refractivity contribution in [2.75, 3.05) is 0 Å². The standard InChI is InChI=1S/C21H12OS2/c22-21-15-6-2-1-5-13(15)14-9-10-16(17-7-3-11-23-17)19(20(14)21)18-8-4-12-24-18/h1-12H. The zero-order chi connectivity index (χ0) is 16.1. The molecule has 4 aromatic rings. The number of carbonyl (C=O) groups is 1. The summed E-state index contributed by atoms with van der Waals surface area (Å²) in [5.41, 5.74) is 5.99. The Balaban J connectivity index is 1.88. The first-order chi connectivity index (χ1) is 11.8. The SMILES string of the molecule is O=C1c2ccccc2-c2ccc(-c3cccs3)c(-c3cccs3)c21. The van der Waals surface area contributed by atoms with E-state index < -0.39 is 0 Å². The van der Waals surface area contributed by atoms with Gasteiger partial charge in [-0.1, -0.05) is 48.5 Å². The fourth-order valence-electron chi connectivity index (χ4n) is 3.43. The number of rotatable bonds is 2. The van der Waals surface area contributed by atoms with Crippen molar-refractivity contribution >= 4 is 28.5 Å². The third-order valence-corrected chi connectivity index (χ3v) is 6.24. The van der Waals surface area contributed by atoms with E-state index in [1.807, 2.05) is 30.3 Å².